The lowest BCUT2D eigenvalue weighted by Gasteiger charge is -2.31. The number of urea groups is 1. The Bertz CT molecular complexity index is 1420. The van der Waals surface area contributed by atoms with Crippen molar-refractivity contribution in [2.45, 2.75) is 0 Å². The summed E-state index contributed by atoms with van der Waals surface area (Å²) in [6.45, 7) is 5.78. The molecule has 0 atom stereocenters. The summed E-state index contributed by atoms with van der Waals surface area (Å²) in [5, 5.41) is 10.5. The largest absolute Gasteiger partial charge is 0.378 e. The molecular formula is C29H29ClN6O3S. The van der Waals surface area contributed by atoms with Gasteiger partial charge in [0, 0.05) is 59.8 Å². The molecule has 9 nitrogen and oxygen atoms in total. The molecule has 6 rings (SSSR count). The topological polar surface area (TPSA) is 91.9 Å². The highest BCUT2D eigenvalue weighted by Gasteiger charge is 2.20. The van der Waals surface area contributed by atoms with Crippen LogP contribution in [0.15, 0.2) is 65.4 Å². The van der Waals surface area contributed by atoms with E-state index in [9.17, 15) is 4.79 Å². The third kappa shape index (κ3) is 6.20. The average molecular weight is 577 g/mol. The number of amides is 2. The molecule has 0 spiro atoms. The van der Waals surface area contributed by atoms with Crippen LogP contribution >= 0.6 is 22.9 Å². The summed E-state index contributed by atoms with van der Waals surface area (Å²) in [6, 6.07) is 16.8. The molecule has 2 aliphatic heterocycles. The van der Waals surface area contributed by atoms with Gasteiger partial charge in [0.1, 0.15) is 5.82 Å². The van der Waals surface area contributed by atoms with Gasteiger partial charge in [-0.05, 0) is 52.7 Å². The monoisotopic (exact) mass is 576 g/mol. The van der Waals surface area contributed by atoms with Gasteiger partial charge in [-0.2, -0.15) is 16.3 Å². The SMILES string of the molecule is O=C(Nc1ccc(-c2cc(N3CCOCC3)nc(N3CCOCC3)n2)cc1)Nc1ccc(Cl)c(-c2ccsc2)c1. The number of thiophene rings is 1. The van der Waals surface area contributed by atoms with Crippen LogP contribution in [0, 0.1) is 0 Å². The molecule has 0 unspecified atom stereocenters. The number of rotatable bonds is 6. The first-order valence-electron chi connectivity index (χ1n) is 13.2. The van der Waals surface area contributed by atoms with Gasteiger partial charge < -0.3 is 29.9 Å². The predicted octanol–water partition coefficient (Wildman–Crippen LogP) is 5.84. The molecule has 11 heteroatoms. The first kappa shape index (κ1) is 26.5. The first-order chi connectivity index (χ1) is 19.6. The maximum Gasteiger partial charge on any atom is 0.323 e. The molecule has 4 heterocycles. The molecule has 2 N–H and O–H groups in total. The van der Waals surface area contributed by atoms with E-state index in [0.717, 1.165) is 54.4 Å². The Labute approximate surface area is 241 Å². The summed E-state index contributed by atoms with van der Waals surface area (Å²) >= 11 is 7.98. The smallest absolute Gasteiger partial charge is 0.323 e. The van der Waals surface area contributed by atoms with Gasteiger partial charge in [0.05, 0.1) is 32.1 Å². The summed E-state index contributed by atoms with van der Waals surface area (Å²) < 4.78 is 11.1. The van der Waals surface area contributed by atoms with Gasteiger partial charge in [-0.15, -0.1) is 0 Å². The van der Waals surface area contributed by atoms with Gasteiger partial charge >= 0.3 is 6.03 Å². The molecule has 0 bridgehead atoms. The van der Waals surface area contributed by atoms with Crippen molar-refractivity contribution >= 4 is 52.1 Å². The number of hydrogen-bond acceptors (Lipinski definition) is 8. The molecule has 2 aromatic carbocycles. The molecular weight excluding hydrogens is 548 g/mol. The number of carbonyl (C=O) groups is 1. The standard InChI is InChI=1S/C29H29ClN6O3S/c30-25-6-5-23(17-24(25)21-7-16-40-19-21)32-29(37)31-22-3-1-20(2-4-22)26-18-27(35-8-12-38-13-9-35)34-28(33-26)36-10-14-39-15-11-36/h1-7,16-19H,8-15H2,(H2,31,32,37). The van der Waals surface area contributed by atoms with Crippen molar-refractivity contribution < 1.29 is 14.3 Å². The van der Waals surface area contributed by atoms with Crippen LogP contribution in [-0.2, 0) is 9.47 Å². The zero-order chi connectivity index (χ0) is 27.3. The number of nitrogens with one attached hydrogen (secondary N) is 2. The van der Waals surface area contributed by atoms with Gasteiger partial charge in [0.15, 0.2) is 0 Å². The molecule has 0 radical (unpaired) electrons. The molecule has 2 saturated heterocycles. The summed E-state index contributed by atoms with van der Waals surface area (Å²) in [5.41, 5.74) is 5.00. The minimum atomic E-state index is -0.336. The highest BCUT2D eigenvalue weighted by Crippen LogP contribution is 2.32. The van der Waals surface area contributed by atoms with E-state index in [1.54, 1.807) is 23.5 Å². The van der Waals surface area contributed by atoms with Crippen LogP contribution in [0.4, 0.5) is 27.9 Å². The third-order valence-electron chi connectivity index (χ3n) is 6.82. The van der Waals surface area contributed by atoms with E-state index in [2.05, 4.69) is 20.4 Å². The summed E-state index contributed by atoms with van der Waals surface area (Å²) in [4.78, 5) is 26.9. The van der Waals surface area contributed by atoms with Crippen LogP contribution in [0.2, 0.25) is 5.02 Å². The lowest BCUT2D eigenvalue weighted by molar-refractivity contribution is 0.121. The second kappa shape index (κ2) is 12.2. The Hall–Kier alpha value is -3.70. The Morgan fingerprint density at radius 1 is 0.800 bits per heavy atom. The number of hydrogen-bond donors (Lipinski definition) is 2. The predicted molar refractivity (Wildman–Crippen MR) is 161 cm³/mol. The van der Waals surface area contributed by atoms with Crippen molar-refractivity contribution in [1.82, 2.24) is 9.97 Å². The first-order valence-corrected chi connectivity index (χ1v) is 14.5. The number of ether oxygens (including phenoxy) is 2. The zero-order valence-electron chi connectivity index (χ0n) is 21.8. The Kier molecular flexibility index (Phi) is 8.10. The summed E-state index contributed by atoms with van der Waals surface area (Å²) in [7, 11) is 0. The van der Waals surface area contributed by atoms with Gasteiger partial charge in [0.25, 0.3) is 0 Å². The van der Waals surface area contributed by atoms with Crippen LogP contribution in [0.1, 0.15) is 0 Å². The second-order valence-electron chi connectivity index (χ2n) is 9.47. The van der Waals surface area contributed by atoms with E-state index in [-0.39, 0.29) is 6.03 Å². The molecule has 206 valence electrons. The number of nitrogens with zero attached hydrogens (tertiary/aromatic N) is 4. The van der Waals surface area contributed by atoms with Crippen LogP contribution in [0.25, 0.3) is 22.4 Å². The number of halogens is 1. The fourth-order valence-electron chi connectivity index (χ4n) is 4.69. The Morgan fingerprint density at radius 3 is 2.17 bits per heavy atom. The highest BCUT2D eigenvalue weighted by molar-refractivity contribution is 7.08. The fraction of sp³-hybridized carbons (Fsp3) is 0.276. The van der Waals surface area contributed by atoms with Gasteiger partial charge in [-0.25, -0.2) is 9.78 Å². The third-order valence-corrected chi connectivity index (χ3v) is 7.84. The quantitative estimate of drug-likeness (QED) is 0.298. The molecule has 2 amide bonds. The highest BCUT2D eigenvalue weighted by atomic mass is 35.5. The van der Waals surface area contributed by atoms with Crippen molar-refractivity contribution in [1.29, 1.82) is 0 Å². The van der Waals surface area contributed by atoms with Crippen molar-refractivity contribution in [3.63, 3.8) is 0 Å². The molecule has 40 heavy (non-hydrogen) atoms. The molecule has 4 aromatic rings. The van der Waals surface area contributed by atoms with E-state index < -0.39 is 0 Å². The summed E-state index contributed by atoms with van der Waals surface area (Å²) in [6.07, 6.45) is 0. The second-order valence-corrected chi connectivity index (χ2v) is 10.7. The van der Waals surface area contributed by atoms with E-state index in [4.69, 9.17) is 31.0 Å². The van der Waals surface area contributed by atoms with E-state index >= 15 is 0 Å². The van der Waals surface area contributed by atoms with Crippen LogP contribution in [0.3, 0.4) is 0 Å². The minimum Gasteiger partial charge on any atom is -0.378 e. The lowest BCUT2D eigenvalue weighted by Crippen LogP contribution is -2.39. The Morgan fingerprint density at radius 2 is 1.48 bits per heavy atom. The zero-order valence-corrected chi connectivity index (χ0v) is 23.4. The number of carbonyl (C=O) groups excluding carboxylic acids is 1. The maximum atomic E-state index is 12.8. The van der Waals surface area contributed by atoms with Crippen molar-refractivity contribution in [2.75, 3.05) is 73.0 Å². The van der Waals surface area contributed by atoms with Crippen LogP contribution < -0.4 is 20.4 Å². The van der Waals surface area contributed by atoms with Crippen molar-refractivity contribution in [3.8, 4) is 22.4 Å². The number of morpholine rings is 2. The maximum absolute atomic E-state index is 12.8. The average Bonchev–Trinajstić information content (AvgIpc) is 3.54. The fourth-order valence-corrected chi connectivity index (χ4v) is 5.57. The van der Waals surface area contributed by atoms with E-state index in [0.29, 0.717) is 48.8 Å². The Balaban J connectivity index is 1.18. The van der Waals surface area contributed by atoms with Gasteiger partial charge in [0.2, 0.25) is 5.95 Å². The molecule has 2 aromatic heterocycles. The van der Waals surface area contributed by atoms with E-state index in [1.165, 1.54) is 0 Å². The van der Waals surface area contributed by atoms with Crippen LogP contribution in [0.5, 0.6) is 0 Å². The van der Waals surface area contributed by atoms with Crippen molar-refractivity contribution in [3.05, 3.63) is 70.4 Å². The number of aromatic nitrogens is 2. The molecule has 0 saturated carbocycles. The van der Waals surface area contributed by atoms with E-state index in [1.807, 2.05) is 53.2 Å². The summed E-state index contributed by atoms with van der Waals surface area (Å²) in [5.74, 6) is 1.59. The molecule has 2 aliphatic rings. The van der Waals surface area contributed by atoms with Crippen molar-refractivity contribution in [2.24, 2.45) is 0 Å². The minimum absolute atomic E-state index is 0.336. The molecule has 2 fully saturated rings. The number of benzene rings is 2. The molecule has 0 aliphatic carbocycles. The van der Waals surface area contributed by atoms with Gasteiger partial charge in [-0.1, -0.05) is 23.7 Å². The van der Waals surface area contributed by atoms with Gasteiger partial charge in [-0.3, -0.25) is 0 Å². The van der Waals surface area contributed by atoms with Crippen LogP contribution in [-0.4, -0.2) is 68.6 Å². The normalized spacial score (nSPS) is 15.6. The number of anilines is 4. The lowest BCUT2D eigenvalue weighted by atomic mass is 10.1.